The summed E-state index contributed by atoms with van der Waals surface area (Å²) in [7, 11) is 0. The highest BCUT2D eigenvalue weighted by atomic mass is 16.5. The van der Waals surface area contributed by atoms with Crippen molar-refractivity contribution in [2.45, 2.75) is 71.1 Å². The topological polar surface area (TPSA) is 92.8 Å². The number of aliphatic hydroxyl groups excluding tert-OH is 1. The van der Waals surface area contributed by atoms with Crippen LogP contribution in [0.1, 0.15) is 71.1 Å². The van der Waals surface area contributed by atoms with Gasteiger partial charge in [-0.05, 0) is 6.42 Å². The molecule has 5 nitrogen and oxygen atoms in total. The van der Waals surface area contributed by atoms with Gasteiger partial charge in [0.15, 0.2) is 0 Å². The lowest BCUT2D eigenvalue weighted by Crippen LogP contribution is -2.10. The second-order valence-electron chi connectivity index (χ2n) is 5.10. The molecule has 0 aromatic rings. The van der Waals surface area contributed by atoms with Crippen LogP contribution >= 0.6 is 0 Å². The quantitative estimate of drug-likeness (QED) is 0.429. The van der Waals surface area contributed by atoms with Crippen LogP contribution in [0.5, 0.6) is 0 Å². The Morgan fingerprint density at radius 2 is 1.48 bits per heavy atom. The minimum absolute atomic E-state index is 0.0833. The SMILES string of the molecule is CCCCCCCCCCCC(=O)O.NCCOCCO. The van der Waals surface area contributed by atoms with E-state index in [1.807, 2.05) is 0 Å². The molecule has 0 heterocycles. The molecule has 0 rings (SSSR count). The molecule has 0 amide bonds. The van der Waals surface area contributed by atoms with Crippen LogP contribution in [-0.2, 0) is 9.53 Å². The normalized spacial score (nSPS) is 10.0. The average molecular weight is 305 g/mol. The van der Waals surface area contributed by atoms with Gasteiger partial charge in [0.05, 0.1) is 19.8 Å². The third-order valence-electron chi connectivity index (χ3n) is 2.99. The summed E-state index contributed by atoms with van der Waals surface area (Å²) in [5, 5.41) is 16.5. The monoisotopic (exact) mass is 305 g/mol. The molecule has 0 fully saturated rings. The van der Waals surface area contributed by atoms with Crippen molar-refractivity contribution in [1.29, 1.82) is 0 Å². The molecule has 0 aromatic heterocycles. The van der Waals surface area contributed by atoms with E-state index in [2.05, 4.69) is 6.92 Å². The van der Waals surface area contributed by atoms with E-state index in [1.54, 1.807) is 0 Å². The first-order chi connectivity index (χ1) is 10.2. The summed E-state index contributed by atoms with van der Waals surface area (Å²) < 4.78 is 4.76. The Bertz CT molecular complexity index is 197. The molecular weight excluding hydrogens is 270 g/mol. The van der Waals surface area contributed by atoms with Crippen molar-refractivity contribution in [3.63, 3.8) is 0 Å². The number of carboxylic acid groups (broad SMARTS) is 1. The Balaban J connectivity index is 0. The molecule has 0 atom stereocenters. The van der Waals surface area contributed by atoms with Crippen molar-refractivity contribution >= 4 is 5.97 Å². The summed E-state index contributed by atoms with van der Waals surface area (Å²) >= 11 is 0. The number of aliphatic carboxylic acids is 1. The van der Waals surface area contributed by atoms with Gasteiger partial charge < -0.3 is 20.7 Å². The highest BCUT2D eigenvalue weighted by Gasteiger charge is 1.96. The molecule has 5 heteroatoms. The van der Waals surface area contributed by atoms with E-state index in [9.17, 15) is 4.79 Å². The molecule has 0 spiro atoms. The van der Waals surface area contributed by atoms with Crippen LogP contribution in [0.15, 0.2) is 0 Å². The zero-order valence-corrected chi connectivity index (χ0v) is 13.7. The van der Waals surface area contributed by atoms with Gasteiger partial charge in [0.1, 0.15) is 0 Å². The van der Waals surface area contributed by atoms with Gasteiger partial charge in [-0.25, -0.2) is 0 Å². The first-order valence-electron chi connectivity index (χ1n) is 8.29. The maximum atomic E-state index is 10.2. The number of hydrogen-bond acceptors (Lipinski definition) is 4. The van der Waals surface area contributed by atoms with E-state index in [0.29, 0.717) is 26.2 Å². The lowest BCUT2D eigenvalue weighted by molar-refractivity contribution is -0.137. The van der Waals surface area contributed by atoms with Crippen molar-refractivity contribution in [3.8, 4) is 0 Å². The Labute approximate surface area is 129 Å². The number of carboxylic acids is 1. The molecule has 0 aromatic carbocycles. The van der Waals surface area contributed by atoms with Gasteiger partial charge in [-0.15, -0.1) is 0 Å². The number of carbonyl (C=O) groups is 1. The highest BCUT2D eigenvalue weighted by molar-refractivity contribution is 5.66. The average Bonchev–Trinajstić information content (AvgIpc) is 2.46. The molecule has 21 heavy (non-hydrogen) atoms. The smallest absolute Gasteiger partial charge is 0.303 e. The van der Waals surface area contributed by atoms with Crippen LogP contribution < -0.4 is 5.73 Å². The molecule has 0 unspecified atom stereocenters. The van der Waals surface area contributed by atoms with E-state index in [4.69, 9.17) is 20.7 Å². The molecular formula is C16H35NO4. The van der Waals surface area contributed by atoms with Crippen LogP contribution in [0.2, 0.25) is 0 Å². The van der Waals surface area contributed by atoms with Crippen LogP contribution in [0.25, 0.3) is 0 Å². The Morgan fingerprint density at radius 1 is 0.952 bits per heavy atom. The van der Waals surface area contributed by atoms with Gasteiger partial charge in [0, 0.05) is 13.0 Å². The molecule has 0 radical (unpaired) electrons. The van der Waals surface area contributed by atoms with Crippen molar-refractivity contribution in [2.75, 3.05) is 26.4 Å². The minimum Gasteiger partial charge on any atom is -0.481 e. The van der Waals surface area contributed by atoms with Gasteiger partial charge >= 0.3 is 5.97 Å². The number of rotatable bonds is 14. The van der Waals surface area contributed by atoms with Crippen LogP contribution in [0.3, 0.4) is 0 Å². The maximum absolute atomic E-state index is 10.2. The lowest BCUT2D eigenvalue weighted by atomic mass is 10.1. The molecule has 0 bridgehead atoms. The van der Waals surface area contributed by atoms with E-state index in [-0.39, 0.29) is 6.61 Å². The maximum Gasteiger partial charge on any atom is 0.303 e. The fourth-order valence-electron chi connectivity index (χ4n) is 1.84. The summed E-state index contributed by atoms with van der Waals surface area (Å²) in [5.41, 5.74) is 5.06. The van der Waals surface area contributed by atoms with Crippen molar-refractivity contribution in [2.24, 2.45) is 5.73 Å². The highest BCUT2D eigenvalue weighted by Crippen LogP contribution is 2.10. The minimum atomic E-state index is -0.659. The zero-order chi connectivity index (χ0) is 16.2. The second-order valence-corrected chi connectivity index (χ2v) is 5.10. The van der Waals surface area contributed by atoms with Crippen LogP contribution in [0, 0.1) is 0 Å². The van der Waals surface area contributed by atoms with E-state index in [1.165, 1.54) is 44.9 Å². The van der Waals surface area contributed by atoms with E-state index >= 15 is 0 Å². The van der Waals surface area contributed by atoms with Gasteiger partial charge in [0.25, 0.3) is 0 Å². The summed E-state index contributed by atoms with van der Waals surface area (Å²) in [5.74, 6) is -0.659. The predicted octanol–water partition coefficient (Wildman–Crippen LogP) is 2.95. The Hall–Kier alpha value is -0.650. The van der Waals surface area contributed by atoms with Crippen molar-refractivity contribution in [1.82, 2.24) is 0 Å². The van der Waals surface area contributed by atoms with Gasteiger partial charge in [-0.3, -0.25) is 4.79 Å². The number of ether oxygens (including phenoxy) is 1. The fourth-order valence-corrected chi connectivity index (χ4v) is 1.84. The van der Waals surface area contributed by atoms with Gasteiger partial charge in [-0.2, -0.15) is 0 Å². The zero-order valence-electron chi connectivity index (χ0n) is 13.7. The summed E-state index contributed by atoms with van der Waals surface area (Å²) in [6.07, 6.45) is 11.5. The molecule has 0 aliphatic carbocycles. The van der Waals surface area contributed by atoms with E-state index < -0.39 is 5.97 Å². The molecule has 128 valence electrons. The third kappa shape index (κ3) is 28.3. The Morgan fingerprint density at radius 3 is 1.90 bits per heavy atom. The third-order valence-corrected chi connectivity index (χ3v) is 2.99. The summed E-state index contributed by atoms with van der Waals surface area (Å²) in [6, 6.07) is 0. The largest absolute Gasteiger partial charge is 0.481 e. The number of nitrogens with two attached hydrogens (primary N) is 1. The van der Waals surface area contributed by atoms with Crippen LogP contribution in [-0.4, -0.2) is 42.5 Å². The van der Waals surface area contributed by atoms with E-state index in [0.717, 1.165) is 12.8 Å². The molecule has 4 N–H and O–H groups in total. The Kier molecular flexibility index (Phi) is 23.3. The summed E-state index contributed by atoms with van der Waals surface area (Å²) in [6.45, 7) is 3.78. The molecule has 0 aliphatic heterocycles. The second kappa shape index (κ2) is 21.6. The predicted molar refractivity (Wildman–Crippen MR) is 86.4 cm³/mol. The van der Waals surface area contributed by atoms with Crippen molar-refractivity contribution in [3.05, 3.63) is 0 Å². The first kappa shape index (κ1) is 22.6. The van der Waals surface area contributed by atoms with Crippen LogP contribution in [0.4, 0.5) is 0 Å². The lowest BCUT2D eigenvalue weighted by Gasteiger charge is -2.00. The number of hydrogen-bond donors (Lipinski definition) is 3. The van der Waals surface area contributed by atoms with Gasteiger partial charge in [0.2, 0.25) is 0 Å². The summed E-state index contributed by atoms with van der Waals surface area (Å²) in [4.78, 5) is 10.2. The van der Waals surface area contributed by atoms with Gasteiger partial charge in [-0.1, -0.05) is 58.3 Å². The molecule has 0 saturated heterocycles. The fraction of sp³-hybridized carbons (Fsp3) is 0.938. The molecule has 0 saturated carbocycles. The standard InChI is InChI=1S/C12H24O2.C4H11NO2/c1-2-3-4-5-6-7-8-9-10-11-12(13)14;5-1-3-7-4-2-6/h2-11H2,1H3,(H,13,14);6H,1-5H2. The number of aliphatic hydroxyl groups is 1. The first-order valence-corrected chi connectivity index (χ1v) is 8.29. The molecule has 0 aliphatic rings. The number of unbranched alkanes of at least 4 members (excludes halogenated alkanes) is 8. The van der Waals surface area contributed by atoms with Crippen molar-refractivity contribution < 1.29 is 19.7 Å².